The lowest BCUT2D eigenvalue weighted by atomic mass is 10.1. The van der Waals surface area contributed by atoms with Crippen molar-refractivity contribution in [3.8, 4) is 0 Å². The third-order valence-electron chi connectivity index (χ3n) is 3.11. The maximum Gasteiger partial charge on any atom is 0.0561 e. The molecule has 1 rings (SSSR count). The lowest BCUT2D eigenvalue weighted by molar-refractivity contribution is 0.940. The van der Waals surface area contributed by atoms with E-state index in [0.717, 1.165) is 0 Å². The van der Waals surface area contributed by atoms with Gasteiger partial charge >= 0.3 is 0 Å². The largest absolute Gasteiger partial charge is 0.0814 e. The van der Waals surface area contributed by atoms with Gasteiger partial charge in [-0.15, -0.1) is 0 Å². The minimum atomic E-state index is -0.903. The third-order valence-corrected chi connectivity index (χ3v) is 5.79. The number of unbranched alkanes of at least 4 members (excludes halogenated alkanes) is 2. The Hall–Kier alpha value is -0.303. The highest BCUT2D eigenvalue weighted by Crippen LogP contribution is 2.39. The molecule has 0 unspecified atom stereocenters. The fraction of sp³-hybridized carbons (Fsp3) is 0.714. The predicted molar refractivity (Wildman–Crippen MR) is 73.1 cm³/mol. The van der Waals surface area contributed by atoms with Crippen LogP contribution in [0, 0.1) is 0 Å². The van der Waals surface area contributed by atoms with Gasteiger partial charge in [-0.3, -0.25) is 0 Å². The van der Waals surface area contributed by atoms with Gasteiger partial charge in [0.25, 0.3) is 0 Å². The van der Waals surface area contributed by atoms with E-state index in [4.69, 9.17) is 0 Å². The van der Waals surface area contributed by atoms with Gasteiger partial charge in [-0.2, -0.15) is 0 Å². The van der Waals surface area contributed by atoms with E-state index < -0.39 is 8.07 Å². The third kappa shape index (κ3) is 3.98. The van der Waals surface area contributed by atoms with Crippen LogP contribution in [0.5, 0.6) is 0 Å². The van der Waals surface area contributed by atoms with Crippen LogP contribution in [-0.4, -0.2) is 8.07 Å². The average molecular weight is 222 g/mol. The maximum atomic E-state index is 2.53. The van der Waals surface area contributed by atoms with Crippen molar-refractivity contribution in [3.63, 3.8) is 0 Å². The van der Waals surface area contributed by atoms with Crippen LogP contribution in [0.2, 0.25) is 25.2 Å². The van der Waals surface area contributed by atoms with Crippen molar-refractivity contribution in [3.05, 3.63) is 23.3 Å². The van der Waals surface area contributed by atoms with Gasteiger partial charge in [-0.25, -0.2) is 0 Å². The van der Waals surface area contributed by atoms with Gasteiger partial charge in [0.2, 0.25) is 0 Å². The average Bonchev–Trinajstić information content (AvgIpc) is 2.47. The van der Waals surface area contributed by atoms with E-state index in [1.54, 1.807) is 11.1 Å². The molecular formula is C14H26Si. The molecule has 0 aromatic carbocycles. The predicted octanol–water partition coefficient (Wildman–Crippen LogP) is 5.16. The van der Waals surface area contributed by atoms with Crippen LogP contribution in [0.1, 0.15) is 39.5 Å². The molecule has 0 N–H and O–H groups in total. The minimum absolute atomic E-state index is 0.903. The second-order valence-electron chi connectivity index (χ2n) is 5.55. The van der Waals surface area contributed by atoms with E-state index >= 15 is 0 Å². The second-order valence-corrected chi connectivity index (χ2v) is 10.6. The highest BCUT2D eigenvalue weighted by Gasteiger charge is 2.31. The molecule has 1 heterocycles. The molecule has 1 heteroatoms. The van der Waals surface area contributed by atoms with Crippen molar-refractivity contribution in [2.45, 2.75) is 64.7 Å². The van der Waals surface area contributed by atoms with Crippen molar-refractivity contribution >= 4 is 8.07 Å². The molecule has 1 fully saturated rings. The lowest BCUT2D eigenvalue weighted by Gasteiger charge is -2.10. The molecule has 1 aliphatic heterocycles. The first-order valence-electron chi connectivity index (χ1n) is 6.47. The van der Waals surface area contributed by atoms with Crippen LogP contribution in [0.15, 0.2) is 23.3 Å². The van der Waals surface area contributed by atoms with Gasteiger partial charge in [0.15, 0.2) is 0 Å². The van der Waals surface area contributed by atoms with E-state index in [0.29, 0.717) is 0 Å². The summed E-state index contributed by atoms with van der Waals surface area (Å²) in [5, 5.41) is 0. The number of rotatable bonds is 4. The van der Waals surface area contributed by atoms with Crippen LogP contribution in [0.4, 0.5) is 0 Å². The topological polar surface area (TPSA) is 0 Å². The molecule has 0 aliphatic carbocycles. The Kier molecular flexibility index (Phi) is 4.84. The Bertz CT molecular complexity index is 233. The monoisotopic (exact) mass is 222 g/mol. The van der Waals surface area contributed by atoms with Crippen LogP contribution < -0.4 is 0 Å². The zero-order valence-electron chi connectivity index (χ0n) is 10.9. The fourth-order valence-electron chi connectivity index (χ4n) is 2.36. The Balaban J connectivity index is 2.74. The highest BCUT2D eigenvalue weighted by molar-refractivity contribution is 6.79. The molecule has 0 nitrogen and oxygen atoms in total. The van der Waals surface area contributed by atoms with E-state index in [9.17, 15) is 0 Å². The standard InChI is InChI=1S/C14H26Si/c1-5-7-9-13-11-15(3,4)12-14(13)10-8-6-2/h9-10H,5-8,11-12H2,1-4H3. The number of hydrogen-bond donors (Lipinski definition) is 0. The van der Waals surface area contributed by atoms with Crippen molar-refractivity contribution in [1.29, 1.82) is 0 Å². The molecule has 1 aliphatic rings. The summed E-state index contributed by atoms with van der Waals surface area (Å²) in [5.74, 6) is 0. The summed E-state index contributed by atoms with van der Waals surface area (Å²) >= 11 is 0. The molecular weight excluding hydrogens is 196 g/mol. The molecule has 0 radical (unpaired) electrons. The van der Waals surface area contributed by atoms with E-state index in [-0.39, 0.29) is 0 Å². The van der Waals surface area contributed by atoms with Crippen molar-refractivity contribution in [2.24, 2.45) is 0 Å². The molecule has 0 amide bonds. The molecule has 0 saturated carbocycles. The van der Waals surface area contributed by atoms with E-state index in [1.165, 1.54) is 37.8 Å². The zero-order valence-corrected chi connectivity index (χ0v) is 11.9. The normalized spacial score (nSPS) is 25.3. The molecule has 1 saturated heterocycles. The number of hydrogen-bond acceptors (Lipinski definition) is 0. The van der Waals surface area contributed by atoms with E-state index in [2.05, 4.69) is 39.1 Å². The van der Waals surface area contributed by atoms with Gasteiger partial charge in [0.1, 0.15) is 0 Å². The Labute approximate surface area is 96.5 Å². The smallest absolute Gasteiger partial charge is 0.0561 e. The maximum absolute atomic E-state index is 2.53. The van der Waals surface area contributed by atoms with Crippen LogP contribution in [0.3, 0.4) is 0 Å². The van der Waals surface area contributed by atoms with Gasteiger partial charge in [0.05, 0.1) is 8.07 Å². The summed E-state index contributed by atoms with van der Waals surface area (Å²) < 4.78 is 0. The van der Waals surface area contributed by atoms with Gasteiger partial charge in [-0.05, 0) is 24.9 Å². The first kappa shape index (κ1) is 12.8. The number of allylic oxidation sites excluding steroid dienone is 4. The van der Waals surface area contributed by atoms with Crippen molar-refractivity contribution in [1.82, 2.24) is 0 Å². The Morgan fingerprint density at radius 1 is 0.933 bits per heavy atom. The molecule has 15 heavy (non-hydrogen) atoms. The fourth-order valence-corrected chi connectivity index (χ4v) is 5.29. The zero-order chi connectivity index (χ0) is 11.3. The van der Waals surface area contributed by atoms with Gasteiger partial charge in [-0.1, -0.05) is 63.1 Å². The van der Waals surface area contributed by atoms with Gasteiger partial charge in [0, 0.05) is 0 Å². The summed E-state index contributed by atoms with van der Waals surface area (Å²) in [6.45, 7) is 9.59. The summed E-state index contributed by atoms with van der Waals surface area (Å²) in [4.78, 5) is 0. The molecule has 0 spiro atoms. The summed E-state index contributed by atoms with van der Waals surface area (Å²) in [5.41, 5.74) is 3.39. The van der Waals surface area contributed by atoms with Crippen LogP contribution >= 0.6 is 0 Å². The quantitative estimate of drug-likeness (QED) is 0.576. The Morgan fingerprint density at radius 2 is 1.33 bits per heavy atom. The first-order valence-corrected chi connectivity index (χ1v) is 9.89. The molecule has 86 valence electrons. The molecule has 0 bridgehead atoms. The van der Waals surface area contributed by atoms with Gasteiger partial charge < -0.3 is 0 Å². The Morgan fingerprint density at radius 3 is 1.67 bits per heavy atom. The summed E-state index contributed by atoms with van der Waals surface area (Å²) in [6.07, 6.45) is 10.1. The van der Waals surface area contributed by atoms with E-state index in [1.807, 2.05) is 0 Å². The highest BCUT2D eigenvalue weighted by atomic mass is 28.3. The minimum Gasteiger partial charge on any atom is -0.0814 e. The van der Waals surface area contributed by atoms with Crippen molar-refractivity contribution < 1.29 is 0 Å². The molecule has 0 aromatic rings. The first-order chi connectivity index (χ1) is 7.09. The molecule has 0 aromatic heterocycles. The van der Waals surface area contributed by atoms with Crippen molar-refractivity contribution in [2.75, 3.05) is 0 Å². The lowest BCUT2D eigenvalue weighted by Crippen LogP contribution is -2.18. The summed E-state index contributed by atoms with van der Waals surface area (Å²) in [7, 11) is -0.903. The second kappa shape index (κ2) is 5.69. The van der Waals surface area contributed by atoms with Crippen LogP contribution in [0.25, 0.3) is 0 Å². The SMILES string of the molecule is CCCC=C1C[Si](C)(C)CC1=CCCC. The van der Waals surface area contributed by atoms with Crippen LogP contribution in [-0.2, 0) is 0 Å². The summed E-state index contributed by atoms with van der Waals surface area (Å²) in [6, 6.07) is 2.84. The molecule has 0 atom stereocenters.